The second kappa shape index (κ2) is 9.25. The van der Waals surface area contributed by atoms with Crippen molar-refractivity contribution < 1.29 is 14.3 Å². The van der Waals surface area contributed by atoms with Crippen LogP contribution in [0.25, 0.3) is 11.1 Å². The number of carbonyl (C=O) groups excluding carboxylic acids is 2. The van der Waals surface area contributed by atoms with Gasteiger partial charge in [0.05, 0.1) is 5.71 Å². The first-order valence-corrected chi connectivity index (χ1v) is 10.9. The van der Waals surface area contributed by atoms with Crippen LogP contribution in [0.1, 0.15) is 50.2 Å². The second-order valence-electron chi connectivity index (χ2n) is 8.07. The van der Waals surface area contributed by atoms with Gasteiger partial charge in [-0.2, -0.15) is 0 Å². The summed E-state index contributed by atoms with van der Waals surface area (Å²) in [5.74, 6) is -0.960. The van der Waals surface area contributed by atoms with E-state index in [1.165, 1.54) is 17.2 Å². The molecule has 0 aromatic heterocycles. The number of esters is 1. The Hall–Kier alpha value is -3.27. The lowest BCUT2D eigenvalue weighted by Gasteiger charge is -2.22. The molecule has 0 saturated carbocycles. The van der Waals surface area contributed by atoms with E-state index in [-0.39, 0.29) is 24.7 Å². The molecule has 0 bridgehead atoms. The van der Waals surface area contributed by atoms with Gasteiger partial charge in [-0.25, -0.2) is 0 Å². The molecular weight excluding hydrogens is 386 g/mol. The number of rotatable bonds is 7. The van der Waals surface area contributed by atoms with Crippen LogP contribution >= 0.6 is 0 Å². The highest BCUT2D eigenvalue weighted by molar-refractivity contribution is 6.24. The van der Waals surface area contributed by atoms with Crippen LogP contribution in [0.5, 0.6) is 0 Å². The van der Waals surface area contributed by atoms with Crippen molar-refractivity contribution in [2.45, 2.75) is 39.0 Å². The molecule has 0 amide bonds. The van der Waals surface area contributed by atoms with Gasteiger partial charge in [0, 0.05) is 22.7 Å². The summed E-state index contributed by atoms with van der Waals surface area (Å²) in [6, 6.07) is 16.7. The maximum atomic E-state index is 12.8. The number of fused-ring (bicyclic) bond motifs is 3. The molecule has 0 aliphatic heterocycles. The lowest BCUT2D eigenvalue weighted by molar-refractivity contribution is -0.145. The minimum Gasteiger partial charge on any atom is -0.461 e. The van der Waals surface area contributed by atoms with E-state index in [1.807, 2.05) is 19.1 Å². The van der Waals surface area contributed by atoms with Crippen LogP contribution in [0.15, 0.2) is 77.4 Å². The van der Waals surface area contributed by atoms with Crippen LogP contribution in [0.2, 0.25) is 0 Å². The van der Waals surface area contributed by atoms with Gasteiger partial charge in [0.25, 0.3) is 0 Å². The zero-order valence-corrected chi connectivity index (χ0v) is 17.9. The Morgan fingerprint density at radius 2 is 1.58 bits per heavy atom. The van der Waals surface area contributed by atoms with Gasteiger partial charge in [-0.3, -0.25) is 14.6 Å². The quantitative estimate of drug-likeness (QED) is 0.285. The fraction of sp³-hybridized carbons (Fsp3) is 0.296. The number of Topliss-reactive ketones (excluding diaryl/α,β-unsaturated/α-hetero) is 1. The smallest absolute Gasteiger partial charge is 0.313 e. The third kappa shape index (κ3) is 4.29. The van der Waals surface area contributed by atoms with Crippen molar-refractivity contribution in [3.63, 3.8) is 0 Å². The van der Waals surface area contributed by atoms with Crippen molar-refractivity contribution in [2.75, 3.05) is 6.61 Å². The van der Waals surface area contributed by atoms with Gasteiger partial charge in [0.15, 0.2) is 5.78 Å². The molecule has 0 N–H and O–H groups in total. The van der Waals surface area contributed by atoms with E-state index < -0.39 is 5.97 Å². The Kier molecular flexibility index (Phi) is 6.26. The Bertz CT molecular complexity index is 1050. The van der Waals surface area contributed by atoms with Crippen molar-refractivity contribution >= 4 is 17.5 Å². The standard InChI is InChI=1S/C27H27NO3/c1-3-16-31-26(30)17-25(29)18(2)19-10-8-9-15-24(19)28-27-22-13-6-4-11-20(22)21-12-5-7-14-23(21)27/h3-7,11-14,18H,1,8-10,15-17H2,2H3. The van der Waals surface area contributed by atoms with Crippen molar-refractivity contribution in [1.82, 2.24) is 0 Å². The van der Waals surface area contributed by atoms with E-state index in [9.17, 15) is 9.59 Å². The highest BCUT2D eigenvalue weighted by atomic mass is 16.5. The molecule has 2 aliphatic rings. The number of ketones is 1. The number of hydrogen-bond acceptors (Lipinski definition) is 4. The summed E-state index contributed by atoms with van der Waals surface area (Å²) in [7, 11) is 0. The molecule has 31 heavy (non-hydrogen) atoms. The van der Waals surface area contributed by atoms with E-state index in [0.29, 0.717) is 0 Å². The van der Waals surface area contributed by atoms with Gasteiger partial charge >= 0.3 is 5.97 Å². The number of aliphatic imine (C=N–C) groups is 1. The summed E-state index contributed by atoms with van der Waals surface area (Å²) in [5, 5.41) is 0. The first-order chi connectivity index (χ1) is 15.1. The number of ether oxygens (including phenoxy) is 1. The molecule has 0 spiro atoms. The summed E-state index contributed by atoms with van der Waals surface area (Å²) in [6.45, 7) is 5.54. The summed E-state index contributed by atoms with van der Waals surface area (Å²) < 4.78 is 4.99. The predicted molar refractivity (Wildman–Crippen MR) is 123 cm³/mol. The first kappa shape index (κ1) is 21.0. The zero-order chi connectivity index (χ0) is 21.8. The van der Waals surface area contributed by atoms with Crippen molar-refractivity contribution in [3.8, 4) is 11.1 Å². The van der Waals surface area contributed by atoms with Crippen LogP contribution < -0.4 is 0 Å². The maximum Gasteiger partial charge on any atom is 0.313 e. The molecule has 2 aromatic rings. The molecule has 158 valence electrons. The van der Waals surface area contributed by atoms with E-state index >= 15 is 0 Å². The first-order valence-electron chi connectivity index (χ1n) is 10.9. The van der Waals surface area contributed by atoms with Gasteiger partial charge in [0.1, 0.15) is 13.0 Å². The molecule has 0 fully saturated rings. The zero-order valence-electron chi connectivity index (χ0n) is 17.9. The fourth-order valence-electron chi connectivity index (χ4n) is 4.45. The Morgan fingerprint density at radius 3 is 2.19 bits per heavy atom. The average molecular weight is 414 g/mol. The van der Waals surface area contributed by atoms with Gasteiger partial charge in [-0.15, -0.1) is 0 Å². The molecule has 2 aliphatic carbocycles. The van der Waals surface area contributed by atoms with Crippen molar-refractivity contribution in [2.24, 2.45) is 10.9 Å². The fourth-order valence-corrected chi connectivity index (χ4v) is 4.45. The summed E-state index contributed by atoms with van der Waals surface area (Å²) in [6.07, 6.45) is 5.07. The molecular formula is C27H27NO3. The Balaban J connectivity index is 1.69. The molecule has 4 heteroatoms. The maximum absolute atomic E-state index is 12.8. The van der Waals surface area contributed by atoms with Crippen LogP contribution in [0.4, 0.5) is 0 Å². The largest absolute Gasteiger partial charge is 0.461 e. The predicted octanol–water partition coefficient (Wildman–Crippen LogP) is 5.66. The second-order valence-corrected chi connectivity index (χ2v) is 8.07. The van der Waals surface area contributed by atoms with Crippen LogP contribution in [0.3, 0.4) is 0 Å². The van der Waals surface area contributed by atoms with E-state index in [0.717, 1.165) is 53.8 Å². The molecule has 1 unspecified atom stereocenters. The highest BCUT2D eigenvalue weighted by Crippen LogP contribution is 2.39. The van der Waals surface area contributed by atoms with E-state index in [1.54, 1.807) is 0 Å². The minimum atomic E-state index is -0.500. The molecule has 0 heterocycles. The highest BCUT2D eigenvalue weighted by Gasteiger charge is 2.28. The molecule has 4 rings (SSSR count). The van der Waals surface area contributed by atoms with Crippen LogP contribution in [-0.2, 0) is 14.3 Å². The number of benzene rings is 2. The van der Waals surface area contributed by atoms with Crippen LogP contribution in [0, 0.1) is 5.92 Å². The third-order valence-corrected chi connectivity index (χ3v) is 6.07. The molecule has 4 nitrogen and oxygen atoms in total. The van der Waals surface area contributed by atoms with Crippen LogP contribution in [-0.4, -0.2) is 24.1 Å². The minimum absolute atomic E-state index is 0.115. The molecule has 1 atom stereocenters. The number of allylic oxidation sites excluding steroid dienone is 2. The Morgan fingerprint density at radius 1 is 1.00 bits per heavy atom. The number of carbonyl (C=O) groups is 2. The van der Waals surface area contributed by atoms with E-state index in [4.69, 9.17) is 9.73 Å². The van der Waals surface area contributed by atoms with Gasteiger partial charge in [-0.1, -0.05) is 68.1 Å². The van der Waals surface area contributed by atoms with E-state index in [2.05, 4.69) is 43.0 Å². The Labute approximate surface area is 183 Å². The topological polar surface area (TPSA) is 55.7 Å². The SMILES string of the molecule is C=CCOC(=O)CC(=O)C(C)C1=C(N=C2c3ccccc3-c3ccccc32)CCCC1. The lowest BCUT2D eigenvalue weighted by Crippen LogP contribution is -2.21. The van der Waals surface area contributed by atoms with Gasteiger partial charge in [-0.05, 0) is 42.4 Å². The summed E-state index contributed by atoms with van der Waals surface area (Å²) >= 11 is 0. The third-order valence-electron chi connectivity index (χ3n) is 6.07. The summed E-state index contributed by atoms with van der Waals surface area (Å²) in [5.41, 5.74) is 7.69. The molecule has 0 saturated heterocycles. The number of hydrogen-bond donors (Lipinski definition) is 0. The monoisotopic (exact) mass is 413 g/mol. The average Bonchev–Trinajstić information content (AvgIpc) is 3.11. The normalized spacial score (nSPS) is 15.7. The molecule has 2 aromatic carbocycles. The van der Waals surface area contributed by atoms with Gasteiger partial charge in [0.2, 0.25) is 0 Å². The molecule has 0 radical (unpaired) electrons. The summed E-state index contributed by atoms with van der Waals surface area (Å²) in [4.78, 5) is 29.8. The lowest BCUT2D eigenvalue weighted by atomic mass is 9.85. The number of nitrogens with zero attached hydrogens (tertiary/aromatic N) is 1. The van der Waals surface area contributed by atoms with Crippen molar-refractivity contribution in [3.05, 3.63) is 83.6 Å². The van der Waals surface area contributed by atoms with Crippen molar-refractivity contribution in [1.29, 1.82) is 0 Å². The van der Waals surface area contributed by atoms with Gasteiger partial charge < -0.3 is 4.74 Å².